The van der Waals surface area contributed by atoms with Crippen molar-refractivity contribution in [1.29, 1.82) is 0 Å². The van der Waals surface area contributed by atoms with E-state index in [4.69, 9.17) is 4.74 Å². The van der Waals surface area contributed by atoms with Gasteiger partial charge in [-0.25, -0.2) is 8.78 Å². The monoisotopic (exact) mass is 358 g/mol. The molecule has 4 unspecified atom stereocenters. The molecule has 0 amide bonds. The molecule has 2 aliphatic rings. The molecule has 0 aromatic heterocycles. The second-order valence-corrected chi connectivity index (χ2v) is 7.58. The molecule has 0 heterocycles. The van der Waals surface area contributed by atoms with Gasteiger partial charge in [-0.05, 0) is 51.9 Å². The second-order valence-electron chi connectivity index (χ2n) is 7.58. The van der Waals surface area contributed by atoms with E-state index in [2.05, 4.69) is 0 Å². The van der Waals surface area contributed by atoms with Crippen LogP contribution in [0.15, 0.2) is 0 Å². The van der Waals surface area contributed by atoms with Crippen LogP contribution in [0.5, 0.6) is 0 Å². The van der Waals surface area contributed by atoms with Gasteiger partial charge >= 0.3 is 12.1 Å². The maximum atomic E-state index is 14.5. The predicted octanol–water partition coefficient (Wildman–Crippen LogP) is 4.08. The van der Waals surface area contributed by atoms with Gasteiger partial charge in [-0.2, -0.15) is 13.2 Å². The minimum atomic E-state index is -5.44. The molecule has 0 spiro atoms. The summed E-state index contributed by atoms with van der Waals surface area (Å²) in [5.41, 5.74) is -4.97. The van der Waals surface area contributed by atoms with Gasteiger partial charge in [0, 0.05) is 0 Å². The highest BCUT2D eigenvalue weighted by atomic mass is 19.4. The summed E-state index contributed by atoms with van der Waals surface area (Å²) >= 11 is 0. The van der Waals surface area contributed by atoms with Crippen LogP contribution < -0.4 is 0 Å². The highest BCUT2D eigenvalue weighted by molar-refractivity contribution is 5.76. The number of ether oxygens (including phenoxy) is 1. The van der Waals surface area contributed by atoms with Gasteiger partial charge in [0.05, 0.1) is 11.3 Å². The molecule has 0 bridgehead atoms. The number of alkyl halides is 5. The molecule has 2 rings (SSSR count). The van der Waals surface area contributed by atoms with Crippen LogP contribution in [0.4, 0.5) is 22.0 Å². The average Bonchev–Trinajstić information content (AvgIpc) is 2.67. The van der Waals surface area contributed by atoms with E-state index in [-0.39, 0.29) is 12.8 Å². The number of hydrogen-bond donors (Lipinski definition) is 1. The van der Waals surface area contributed by atoms with E-state index in [1.165, 1.54) is 0 Å². The minimum absolute atomic E-state index is 0.0796. The van der Waals surface area contributed by atoms with E-state index in [1.807, 2.05) is 0 Å². The van der Waals surface area contributed by atoms with Crippen LogP contribution in [-0.4, -0.2) is 34.9 Å². The van der Waals surface area contributed by atoms with Gasteiger partial charge in [0.2, 0.25) is 5.60 Å². The number of carbonyl (C=O) groups is 1. The third kappa shape index (κ3) is 2.80. The topological polar surface area (TPSA) is 46.5 Å². The Morgan fingerprint density at radius 2 is 1.83 bits per heavy atom. The number of aliphatic hydroxyl groups is 1. The number of esters is 1. The number of rotatable bonds is 3. The highest BCUT2D eigenvalue weighted by Gasteiger charge is 2.78. The summed E-state index contributed by atoms with van der Waals surface area (Å²) in [6, 6.07) is 0. The van der Waals surface area contributed by atoms with Gasteiger partial charge in [-0.15, -0.1) is 0 Å². The molecular weight excluding hydrogens is 335 g/mol. The Balaban J connectivity index is 2.30. The first kappa shape index (κ1) is 19.4. The summed E-state index contributed by atoms with van der Waals surface area (Å²) in [5, 5.41) is 9.73. The predicted molar refractivity (Wildman–Crippen MR) is 75.4 cm³/mol. The quantitative estimate of drug-likeness (QED) is 0.611. The summed E-state index contributed by atoms with van der Waals surface area (Å²) in [5.74, 6) is -7.93. The molecule has 0 aromatic carbocycles. The summed E-state index contributed by atoms with van der Waals surface area (Å²) in [6.45, 7) is 4.92. The first-order valence-corrected chi connectivity index (χ1v) is 8.16. The van der Waals surface area contributed by atoms with Crippen LogP contribution >= 0.6 is 0 Å². The van der Waals surface area contributed by atoms with E-state index >= 15 is 0 Å². The number of carbonyl (C=O) groups excluding carboxylic acids is 1. The third-order valence-corrected chi connectivity index (χ3v) is 5.66. The lowest BCUT2D eigenvalue weighted by molar-refractivity contribution is -0.330. The molecule has 0 aliphatic heterocycles. The molecule has 2 aliphatic carbocycles. The standard InChI is InChI=1S/C16H23F5O3/c1-4-13(2,3)12(22)24-10-7-5-6-9-8-14(23,16(19,20)21)15(17,18)11(9)10/h9-11,23H,4-8H2,1-3H3. The van der Waals surface area contributed by atoms with Gasteiger partial charge in [0.25, 0.3) is 5.92 Å². The molecule has 3 nitrogen and oxygen atoms in total. The van der Waals surface area contributed by atoms with Gasteiger partial charge in [-0.3, -0.25) is 4.79 Å². The Labute approximate surface area is 137 Å². The van der Waals surface area contributed by atoms with Crippen molar-refractivity contribution < 1.29 is 36.6 Å². The van der Waals surface area contributed by atoms with E-state index < -0.39 is 53.4 Å². The van der Waals surface area contributed by atoms with Crippen LogP contribution in [0.3, 0.4) is 0 Å². The molecule has 24 heavy (non-hydrogen) atoms. The fourth-order valence-electron chi connectivity index (χ4n) is 3.67. The van der Waals surface area contributed by atoms with Crippen molar-refractivity contribution >= 4 is 5.97 Å². The first-order valence-electron chi connectivity index (χ1n) is 8.16. The Kier molecular flexibility index (Phi) is 4.70. The van der Waals surface area contributed by atoms with Gasteiger partial charge in [0.1, 0.15) is 6.10 Å². The van der Waals surface area contributed by atoms with Crippen molar-refractivity contribution in [2.75, 3.05) is 0 Å². The highest BCUT2D eigenvalue weighted by Crippen LogP contribution is 2.61. The van der Waals surface area contributed by atoms with Gasteiger partial charge in [-0.1, -0.05) is 6.92 Å². The lowest BCUT2D eigenvalue weighted by Crippen LogP contribution is -2.59. The number of fused-ring (bicyclic) bond motifs is 1. The van der Waals surface area contributed by atoms with Gasteiger partial charge in [0.15, 0.2) is 0 Å². The lowest BCUT2D eigenvalue weighted by Gasteiger charge is -2.39. The summed E-state index contributed by atoms with van der Waals surface area (Å²) in [6.07, 6.45) is -6.77. The molecule has 1 N–H and O–H groups in total. The molecule has 2 saturated carbocycles. The fraction of sp³-hybridized carbons (Fsp3) is 0.938. The van der Waals surface area contributed by atoms with Crippen molar-refractivity contribution in [1.82, 2.24) is 0 Å². The van der Waals surface area contributed by atoms with Crippen molar-refractivity contribution in [3.63, 3.8) is 0 Å². The average molecular weight is 358 g/mol. The smallest absolute Gasteiger partial charge is 0.423 e. The van der Waals surface area contributed by atoms with E-state index in [0.29, 0.717) is 12.8 Å². The largest absolute Gasteiger partial charge is 0.461 e. The first-order chi connectivity index (χ1) is 10.8. The lowest BCUT2D eigenvalue weighted by atomic mass is 9.78. The van der Waals surface area contributed by atoms with Crippen molar-refractivity contribution in [2.24, 2.45) is 17.3 Å². The van der Waals surface area contributed by atoms with Gasteiger partial charge < -0.3 is 9.84 Å². The zero-order valence-corrected chi connectivity index (χ0v) is 13.9. The van der Waals surface area contributed by atoms with Crippen LogP contribution in [0.1, 0.15) is 52.9 Å². The Morgan fingerprint density at radius 3 is 2.33 bits per heavy atom. The van der Waals surface area contributed by atoms with E-state index in [9.17, 15) is 31.9 Å². The second kappa shape index (κ2) is 5.81. The maximum absolute atomic E-state index is 14.5. The summed E-state index contributed by atoms with van der Waals surface area (Å²) in [4.78, 5) is 12.2. The van der Waals surface area contributed by atoms with E-state index in [0.717, 1.165) is 0 Å². The normalized spacial score (nSPS) is 36.3. The van der Waals surface area contributed by atoms with Crippen molar-refractivity contribution in [3.8, 4) is 0 Å². The van der Waals surface area contributed by atoms with Crippen LogP contribution in [-0.2, 0) is 9.53 Å². The molecule has 0 aromatic rings. The molecule has 0 radical (unpaired) electrons. The van der Waals surface area contributed by atoms with Crippen LogP contribution in [0.25, 0.3) is 0 Å². The van der Waals surface area contributed by atoms with Crippen LogP contribution in [0.2, 0.25) is 0 Å². The third-order valence-electron chi connectivity index (χ3n) is 5.66. The summed E-state index contributed by atoms with van der Waals surface area (Å²) in [7, 11) is 0. The van der Waals surface area contributed by atoms with Crippen molar-refractivity contribution in [2.45, 2.75) is 76.7 Å². The number of halogens is 5. The maximum Gasteiger partial charge on any atom is 0.423 e. The molecule has 8 heteroatoms. The van der Waals surface area contributed by atoms with Crippen LogP contribution in [0, 0.1) is 17.3 Å². The Bertz CT molecular complexity index is 502. The SMILES string of the molecule is CCC(C)(C)C(=O)OC1CCCC2CC(O)(C(F)(F)F)C(F)(F)C21. The Morgan fingerprint density at radius 1 is 1.25 bits per heavy atom. The molecule has 0 saturated heterocycles. The zero-order chi connectivity index (χ0) is 18.6. The molecule has 2 fully saturated rings. The summed E-state index contributed by atoms with van der Waals surface area (Å²) < 4.78 is 73.5. The number of hydrogen-bond acceptors (Lipinski definition) is 3. The fourth-order valence-corrected chi connectivity index (χ4v) is 3.67. The zero-order valence-electron chi connectivity index (χ0n) is 13.9. The molecular formula is C16H23F5O3. The Hall–Kier alpha value is -0.920. The van der Waals surface area contributed by atoms with Crippen molar-refractivity contribution in [3.05, 3.63) is 0 Å². The molecule has 4 atom stereocenters. The van der Waals surface area contributed by atoms with E-state index in [1.54, 1.807) is 20.8 Å². The molecule has 140 valence electrons. The minimum Gasteiger partial charge on any atom is -0.461 e.